The van der Waals surface area contributed by atoms with E-state index in [0.717, 1.165) is 5.69 Å². The lowest BCUT2D eigenvalue weighted by Crippen LogP contribution is -2.08. The minimum atomic E-state index is -0.609. The minimum Gasteiger partial charge on any atom is -0.497 e. The highest BCUT2D eigenvalue weighted by molar-refractivity contribution is 5.51. The molecule has 0 aromatic heterocycles. The first-order chi connectivity index (χ1) is 9.22. The maximum Gasteiger partial charge on any atom is 0.140 e. The molecule has 2 aromatic carbocycles. The van der Waals surface area contributed by atoms with Crippen molar-refractivity contribution >= 4 is 5.69 Å². The molecule has 0 amide bonds. The highest BCUT2D eigenvalue weighted by atomic mass is 19.1. The van der Waals surface area contributed by atoms with E-state index in [1.165, 1.54) is 12.1 Å². The fourth-order valence-electron chi connectivity index (χ4n) is 1.76. The number of anilines is 1. The zero-order valence-corrected chi connectivity index (χ0v) is 10.4. The van der Waals surface area contributed by atoms with Crippen molar-refractivity contribution in [3.8, 4) is 11.8 Å². The van der Waals surface area contributed by atoms with E-state index in [-0.39, 0.29) is 5.82 Å². The molecule has 0 saturated heterocycles. The maximum absolute atomic E-state index is 13.2. The predicted octanol–water partition coefficient (Wildman–Crippen LogP) is 3.51. The van der Waals surface area contributed by atoms with Crippen molar-refractivity contribution in [3.63, 3.8) is 0 Å². The summed E-state index contributed by atoms with van der Waals surface area (Å²) >= 11 is 0. The lowest BCUT2D eigenvalue weighted by molar-refractivity contribution is 0.415. The number of benzene rings is 2. The Balaban J connectivity index is 2.22. The third-order valence-electron chi connectivity index (χ3n) is 2.69. The van der Waals surface area contributed by atoms with Crippen molar-refractivity contribution < 1.29 is 9.13 Å². The number of methoxy groups -OCH3 is 1. The molecule has 2 rings (SSSR count). The Morgan fingerprint density at radius 3 is 2.68 bits per heavy atom. The lowest BCUT2D eigenvalue weighted by Gasteiger charge is -2.14. The van der Waals surface area contributed by atoms with E-state index in [2.05, 4.69) is 11.4 Å². The van der Waals surface area contributed by atoms with Crippen LogP contribution in [0.3, 0.4) is 0 Å². The minimum absolute atomic E-state index is 0.356. The van der Waals surface area contributed by atoms with Crippen LogP contribution in [0.15, 0.2) is 48.5 Å². The summed E-state index contributed by atoms with van der Waals surface area (Å²) in [6.07, 6.45) is 0. The number of hydrogen-bond donors (Lipinski definition) is 1. The topological polar surface area (TPSA) is 45.0 Å². The first-order valence-corrected chi connectivity index (χ1v) is 5.78. The Morgan fingerprint density at radius 2 is 2.00 bits per heavy atom. The van der Waals surface area contributed by atoms with Crippen LogP contribution in [0.2, 0.25) is 0 Å². The van der Waals surface area contributed by atoms with Crippen LogP contribution < -0.4 is 10.1 Å². The molecule has 1 atom stereocenters. The number of nitrogens with zero attached hydrogens (tertiary/aromatic N) is 1. The Hall–Kier alpha value is -2.54. The molecule has 0 radical (unpaired) electrons. The van der Waals surface area contributed by atoms with Gasteiger partial charge in [-0.15, -0.1) is 0 Å². The normalized spacial score (nSPS) is 11.4. The Bertz CT molecular complexity index is 607. The summed E-state index contributed by atoms with van der Waals surface area (Å²) in [5.41, 5.74) is 1.33. The molecule has 0 saturated carbocycles. The van der Waals surface area contributed by atoms with Gasteiger partial charge >= 0.3 is 0 Å². The van der Waals surface area contributed by atoms with Crippen LogP contribution >= 0.6 is 0 Å². The third kappa shape index (κ3) is 3.23. The van der Waals surface area contributed by atoms with Crippen molar-refractivity contribution in [1.29, 1.82) is 5.26 Å². The second-order valence-corrected chi connectivity index (χ2v) is 3.99. The molecule has 0 aliphatic carbocycles. The molecule has 19 heavy (non-hydrogen) atoms. The quantitative estimate of drug-likeness (QED) is 0.910. The summed E-state index contributed by atoms with van der Waals surface area (Å²) in [7, 11) is 1.58. The molecule has 0 spiro atoms. The summed E-state index contributed by atoms with van der Waals surface area (Å²) in [4.78, 5) is 0. The van der Waals surface area contributed by atoms with Crippen LogP contribution in [-0.4, -0.2) is 7.11 Å². The van der Waals surface area contributed by atoms with Gasteiger partial charge in [0.2, 0.25) is 0 Å². The molecule has 0 aliphatic rings. The molecule has 0 bridgehead atoms. The lowest BCUT2D eigenvalue weighted by atomic mass is 10.1. The SMILES string of the molecule is COc1cccc(NC(C#N)c2cccc(F)c2)c1. The number of hydrogen-bond acceptors (Lipinski definition) is 3. The van der Waals surface area contributed by atoms with Gasteiger partial charge in [-0.3, -0.25) is 0 Å². The molecule has 1 N–H and O–H groups in total. The smallest absolute Gasteiger partial charge is 0.140 e. The van der Waals surface area contributed by atoms with E-state index in [1.54, 1.807) is 25.3 Å². The largest absolute Gasteiger partial charge is 0.497 e. The highest BCUT2D eigenvalue weighted by Crippen LogP contribution is 2.22. The molecular formula is C15H13FN2O. The molecule has 96 valence electrons. The molecule has 0 aliphatic heterocycles. The predicted molar refractivity (Wildman–Crippen MR) is 71.4 cm³/mol. The van der Waals surface area contributed by atoms with Crippen molar-refractivity contribution in [3.05, 3.63) is 59.9 Å². The molecule has 0 heterocycles. The number of rotatable bonds is 4. The van der Waals surface area contributed by atoms with Gasteiger partial charge in [0.25, 0.3) is 0 Å². The van der Waals surface area contributed by atoms with Crippen LogP contribution in [0.1, 0.15) is 11.6 Å². The van der Waals surface area contributed by atoms with Crippen molar-refractivity contribution in [2.45, 2.75) is 6.04 Å². The zero-order chi connectivity index (χ0) is 13.7. The first kappa shape index (κ1) is 12.9. The first-order valence-electron chi connectivity index (χ1n) is 5.78. The van der Waals surface area contributed by atoms with Gasteiger partial charge < -0.3 is 10.1 Å². The van der Waals surface area contributed by atoms with E-state index in [4.69, 9.17) is 4.74 Å². The van der Waals surface area contributed by atoms with Gasteiger partial charge in [0.1, 0.15) is 17.6 Å². The van der Waals surface area contributed by atoms with Crippen LogP contribution in [0.4, 0.5) is 10.1 Å². The van der Waals surface area contributed by atoms with Crippen LogP contribution in [0.5, 0.6) is 5.75 Å². The van der Waals surface area contributed by atoms with E-state index in [0.29, 0.717) is 11.3 Å². The highest BCUT2D eigenvalue weighted by Gasteiger charge is 2.11. The Labute approximate surface area is 111 Å². The number of ether oxygens (including phenoxy) is 1. The van der Waals surface area contributed by atoms with Crippen molar-refractivity contribution in [2.75, 3.05) is 12.4 Å². The Morgan fingerprint density at radius 1 is 1.21 bits per heavy atom. The summed E-state index contributed by atoms with van der Waals surface area (Å²) in [6, 6.07) is 14.7. The summed E-state index contributed by atoms with van der Waals surface area (Å²) in [5, 5.41) is 12.2. The second kappa shape index (κ2) is 5.87. The van der Waals surface area contributed by atoms with Gasteiger partial charge in [-0.2, -0.15) is 5.26 Å². The van der Waals surface area contributed by atoms with E-state index in [9.17, 15) is 9.65 Å². The maximum atomic E-state index is 13.2. The van der Waals surface area contributed by atoms with Gasteiger partial charge in [-0.25, -0.2) is 4.39 Å². The van der Waals surface area contributed by atoms with Gasteiger partial charge in [0.15, 0.2) is 0 Å². The van der Waals surface area contributed by atoms with Crippen LogP contribution in [0.25, 0.3) is 0 Å². The van der Waals surface area contributed by atoms with Gasteiger partial charge in [-0.05, 0) is 29.8 Å². The van der Waals surface area contributed by atoms with Gasteiger partial charge in [-0.1, -0.05) is 18.2 Å². The monoisotopic (exact) mass is 256 g/mol. The molecule has 0 fully saturated rings. The Kier molecular flexibility index (Phi) is 3.99. The fraction of sp³-hybridized carbons (Fsp3) is 0.133. The average molecular weight is 256 g/mol. The van der Waals surface area contributed by atoms with Crippen molar-refractivity contribution in [1.82, 2.24) is 0 Å². The number of halogens is 1. The summed E-state index contributed by atoms with van der Waals surface area (Å²) in [6.45, 7) is 0. The zero-order valence-electron chi connectivity index (χ0n) is 10.4. The summed E-state index contributed by atoms with van der Waals surface area (Å²) < 4.78 is 18.3. The molecular weight excluding hydrogens is 243 g/mol. The van der Waals surface area contributed by atoms with E-state index >= 15 is 0 Å². The van der Waals surface area contributed by atoms with Gasteiger partial charge in [0, 0.05) is 11.8 Å². The van der Waals surface area contributed by atoms with Crippen LogP contribution in [-0.2, 0) is 0 Å². The van der Waals surface area contributed by atoms with E-state index < -0.39 is 6.04 Å². The average Bonchev–Trinajstić information content (AvgIpc) is 2.45. The summed E-state index contributed by atoms with van der Waals surface area (Å²) in [5.74, 6) is 0.339. The fourth-order valence-corrected chi connectivity index (χ4v) is 1.76. The number of nitriles is 1. The molecule has 1 unspecified atom stereocenters. The second-order valence-electron chi connectivity index (χ2n) is 3.99. The van der Waals surface area contributed by atoms with Crippen LogP contribution in [0, 0.1) is 17.1 Å². The van der Waals surface area contributed by atoms with Crippen molar-refractivity contribution in [2.24, 2.45) is 0 Å². The molecule has 2 aromatic rings. The standard InChI is InChI=1S/C15H13FN2O/c1-19-14-7-3-6-13(9-14)18-15(10-17)11-4-2-5-12(16)8-11/h2-9,15,18H,1H3. The van der Waals surface area contributed by atoms with Gasteiger partial charge in [0.05, 0.1) is 13.2 Å². The molecule has 4 heteroatoms. The third-order valence-corrected chi connectivity index (χ3v) is 2.69. The number of nitrogens with one attached hydrogen (secondary N) is 1. The molecule has 3 nitrogen and oxygen atoms in total. The van der Waals surface area contributed by atoms with E-state index in [1.807, 2.05) is 18.2 Å².